The number of rotatable bonds is 9. The van der Waals surface area contributed by atoms with E-state index in [0.717, 1.165) is 16.9 Å². The number of carbonyl (C=O) groups is 1. The number of ether oxygens (including phenoxy) is 3. The van der Waals surface area contributed by atoms with Gasteiger partial charge in [-0.1, -0.05) is 24.3 Å². The highest BCUT2D eigenvalue weighted by Crippen LogP contribution is 2.31. The van der Waals surface area contributed by atoms with Crippen LogP contribution in [-0.4, -0.2) is 32.3 Å². The van der Waals surface area contributed by atoms with E-state index in [-0.39, 0.29) is 18.1 Å². The molecule has 1 amide bonds. The molecule has 2 rings (SSSR count). The average Bonchev–Trinajstić information content (AvgIpc) is 2.65. The second-order valence-electron chi connectivity index (χ2n) is 7.49. The molecule has 0 aliphatic heterocycles. The Balaban J connectivity index is 1.99. The summed E-state index contributed by atoms with van der Waals surface area (Å²) in [6.07, 6.45) is 0. The predicted octanol–water partition coefficient (Wildman–Crippen LogP) is 3.29. The van der Waals surface area contributed by atoms with Crippen LogP contribution in [0, 0.1) is 0 Å². The number of benzene rings is 2. The van der Waals surface area contributed by atoms with Crippen LogP contribution in [0.4, 0.5) is 0 Å². The molecule has 0 unspecified atom stereocenters. The Bertz CT molecular complexity index is 767. The summed E-state index contributed by atoms with van der Waals surface area (Å²) in [5.74, 6) is 1.85. The fourth-order valence-corrected chi connectivity index (χ4v) is 2.70. The van der Waals surface area contributed by atoms with Gasteiger partial charge in [-0.3, -0.25) is 4.79 Å². The van der Waals surface area contributed by atoms with Crippen LogP contribution in [0.25, 0.3) is 0 Å². The third-order valence-corrected chi connectivity index (χ3v) is 3.95. The molecule has 0 heterocycles. The molecule has 6 heteroatoms. The molecule has 6 nitrogen and oxygen atoms in total. The topological polar surface area (TPSA) is 68.8 Å². The molecule has 0 bridgehead atoms. The van der Waals surface area contributed by atoms with Gasteiger partial charge in [0.15, 0.2) is 18.1 Å². The lowest BCUT2D eigenvalue weighted by Gasteiger charge is -2.21. The largest absolute Gasteiger partial charge is 0.497 e. The molecule has 0 aliphatic carbocycles. The first kappa shape index (κ1) is 21.6. The number of methoxy groups -OCH3 is 2. The third kappa shape index (κ3) is 6.78. The molecule has 2 aromatic rings. The van der Waals surface area contributed by atoms with E-state index in [1.807, 2.05) is 63.2 Å². The van der Waals surface area contributed by atoms with Crippen LogP contribution in [0.15, 0.2) is 42.5 Å². The molecular weight excluding hydrogens is 356 g/mol. The van der Waals surface area contributed by atoms with Crippen LogP contribution in [-0.2, 0) is 17.9 Å². The van der Waals surface area contributed by atoms with Crippen LogP contribution < -0.4 is 24.8 Å². The van der Waals surface area contributed by atoms with Crippen molar-refractivity contribution >= 4 is 5.91 Å². The molecule has 0 fully saturated rings. The number of hydrogen-bond donors (Lipinski definition) is 2. The van der Waals surface area contributed by atoms with Crippen molar-refractivity contribution in [2.45, 2.75) is 39.4 Å². The third-order valence-electron chi connectivity index (χ3n) is 3.95. The highest BCUT2D eigenvalue weighted by molar-refractivity contribution is 5.78. The Labute approximate surface area is 167 Å². The summed E-state index contributed by atoms with van der Waals surface area (Å²) >= 11 is 0. The van der Waals surface area contributed by atoms with Crippen molar-refractivity contribution in [1.82, 2.24) is 10.6 Å². The van der Waals surface area contributed by atoms with Gasteiger partial charge in [-0.15, -0.1) is 0 Å². The summed E-state index contributed by atoms with van der Waals surface area (Å²) < 4.78 is 16.4. The normalized spacial score (nSPS) is 11.0. The minimum atomic E-state index is -0.302. The number of carbonyl (C=O) groups excluding carboxylic acids is 1. The van der Waals surface area contributed by atoms with Crippen LogP contribution in [0.3, 0.4) is 0 Å². The fraction of sp³-hybridized carbons (Fsp3) is 0.409. The SMILES string of the molecule is COc1ccc(CNCc2cccc(OC)c2OCC(=O)NC(C)(C)C)cc1. The molecule has 0 radical (unpaired) electrons. The lowest BCUT2D eigenvalue weighted by atomic mass is 10.1. The Morgan fingerprint density at radius 2 is 1.68 bits per heavy atom. The number of hydrogen-bond acceptors (Lipinski definition) is 5. The van der Waals surface area contributed by atoms with Gasteiger partial charge in [-0.25, -0.2) is 0 Å². The van der Waals surface area contributed by atoms with Crippen molar-refractivity contribution < 1.29 is 19.0 Å². The van der Waals surface area contributed by atoms with E-state index in [9.17, 15) is 4.79 Å². The smallest absolute Gasteiger partial charge is 0.258 e. The molecule has 2 aromatic carbocycles. The lowest BCUT2D eigenvalue weighted by Crippen LogP contribution is -2.43. The van der Waals surface area contributed by atoms with Crippen molar-refractivity contribution in [1.29, 1.82) is 0 Å². The quantitative estimate of drug-likeness (QED) is 0.692. The molecule has 28 heavy (non-hydrogen) atoms. The van der Waals surface area contributed by atoms with Gasteiger partial charge in [0, 0.05) is 24.2 Å². The van der Waals surface area contributed by atoms with E-state index in [2.05, 4.69) is 10.6 Å². The van der Waals surface area contributed by atoms with E-state index in [1.54, 1.807) is 14.2 Å². The molecule has 0 aliphatic rings. The van der Waals surface area contributed by atoms with Crippen molar-refractivity contribution in [2.75, 3.05) is 20.8 Å². The Morgan fingerprint density at radius 3 is 2.29 bits per heavy atom. The highest BCUT2D eigenvalue weighted by Gasteiger charge is 2.16. The highest BCUT2D eigenvalue weighted by atomic mass is 16.5. The molecule has 0 spiro atoms. The summed E-state index contributed by atoms with van der Waals surface area (Å²) in [5.41, 5.74) is 1.77. The van der Waals surface area contributed by atoms with Gasteiger partial charge >= 0.3 is 0 Å². The molecule has 0 saturated carbocycles. The molecule has 0 atom stereocenters. The van der Waals surface area contributed by atoms with Crippen LogP contribution in [0.1, 0.15) is 31.9 Å². The van der Waals surface area contributed by atoms with Crippen LogP contribution >= 0.6 is 0 Å². The standard InChI is InChI=1S/C22H30N2O4/c1-22(2,3)24-20(25)15-28-21-17(7-6-8-19(21)27-5)14-23-13-16-9-11-18(26-4)12-10-16/h6-12,23H,13-15H2,1-5H3,(H,24,25). The van der Waals surface area contributed by atoms with Crippen LogP contribution in [0.5, 0.6) is 17.2 Å². The second kappa shape index (κ2) is 9.99. The van der Waals surface area contributed by atoms with Crippen molar-refractivity contribution in [3.05, 3.63) is 53.6 Å². The van der Waals surface area contributed by atoms with E-state index in [1.165, 1.54) is 0 Å². The maximum Gasteiger partial charge on any atom is 0.258 e. The van der Waals surface area contributed by atoms with Gasteiger partial charge in [-0.05, 0) is 44.5 Å². The number of amides is 1. The maximum absolute atomic E-state index is 12.1. The number of para-hydroxylation sites is 1. The summed E-state index contributed by atoms with van der Waals surface area (Å²) in [4.78, 5) is 12.1. The Morgan fingerprint density at radius 1 is 0.964 bits per heavy atom. The number of nitrogens with one attached hydrogen (secondary N) is 2. The first-order valence-corrected chi connectivity index (χ1v) is 9.25. The van der Waals surface area contributed by atoms with Gasteiger partial charge in [-0.2, -0.15) is 0 Å². The summed E-state index contributed by atoms with van der Waals surface area (Å²) in [5, 5.41) is 6.29. The zero-order valence-corrected chi connectivity index (χ0v) is 17.3. The zero-order valence-electron chi connectivity index (χ0n) is 17.3. The first-order valence-electron chi connectivity index (χ1n) is 9.25. The van der Waals surface area contributed by atoms with Gasteiger partial charge in [0.2, 0.25) is 0 Å². The molecule has 152 valence electrons. The van der Waals surface area contributed by atoms with Crippen LogP contribution in [0.2, 0.25) is 0 Å². The van der Waals surface area contributed by atoms with Crippen molar-refractivity contribution in [2.24, 2.45) is 0 Å². The summed E-state index contributed by atoms with van der Waals surface area (Å²) in [7, 11) is 3.24. The van der Waals surface area contributed by atoms with Gasteiger partial charge in [0.05, 0.1) is 14.2 Å². The average molecular weight is 386 g/mol. The van der Waals surface area contributed by atoms with Crippen molar-refractivity contribution in [3.8, 4) is 17.2 Å². The summed E-state index contributed by atoms with van der Waals surface area (Å²) in [6, 6.07) is 13.6. The summed E-state index contributed by atoms with van der Waals surface area (Å²) in [6.45, 7) is 7.02. The zero-order chi connectivity index (χ0) is 20.6. The lowest BCUT2D eigenvalue weighted by molar-refractivity contribution is -0.124. The molecule has 0 aromatic heterocycles. The molecule has 2 N–H and O–H groups in total. The van der Waals surface area contributed by atoms with Crippen molar-refractivity contribution in [3.63, 3.8) is 0 Å². The first-order chi connectivity index (χ1) is 13.3. The van der Waals surface area contributed by atoms with E-state index >= 15 is 0 Å². The van der Waals surface area contributed by atoms with E-state index in [0.29, 0.717) is 24.6 Å². The van der Waals surface area contributed by atoms with Gasteiger partial charge in [0.1, 0.15) is 5.75 Å². The minimum Gasteiger partial charge on any atom is -0.497 e. The molecular formula is C22H30N2O4. The van der Waals surface area contributed by atoms with E-state index < -0.39 is 0 Å². The monoisotopic (exact) mass is 386 g/mol. The Kier molecular flexibility index (Phi) is 7.70. The molecule has 0 saturated heterocycles. The maximum atomic E-state index is 12.1. The van der Waals surface area contributed by atoms with E-state index in [4.69, 9.17) is 14.2 Å². The minimum absolute atomic E-state index is 0.0663. The van der Waals surface area contributed by atoms with Gasteiger partial charge in [0.25, 0.3) is 5.91 Å². The van der Waals surface area contributed by atoms with Gasteiger partial charge < -0.3 is 24.8 Å². The predicted molar refractivity (Wildman–Crippen MR) is 110 cm³/mol. The Hall–Kier alpha value is -2.73. The second-order valence-corrected chi connectivity index (χ2v) is 7.49. The fourth-order valence-electron chi connectivity index (χ4n) is 2.70.